The molecule has 100 valence electrons. The fourth-order valence-corrected chi connectivity index (χ4v) is 1.56. The fourth-order valence-electron chi connectivity index (χ4n) is 1.56. The molecule has 0 aliphatic heterocycles. The Kier molecular flexibility index (Phi) is 20.4. The second-order valence-corrected chi connectivity index (χ2v) is 3.91. The molecule has 0 aromatic heterocycles. The summed E-state index contributed by atoms with van der Waals surface area (Å²) in [5, 5.41) is 0. The fraction of sp³-hybridized carbons (Fsp3) is 0.500. The molecule has 2 aliphatic rings. The molecule has 0 atom stereocenters. The molecule has 2 aliphatic carbocycles. The summed E-state index contributed by atoms with van der Waals surface area (Å²) >= 11 is 0. The van der Waals surface area contributed by atoms with Gasteiger partial charge in [0.25, 0.3) is 0 Å². The normalized spacial score (nSPS) is 12.5. The Balaban J connectivity index is -0.000000233. The topological polar surface area (TPSA) is 0 Å². The van der Waals surface area contributed by atoms with Gasteiger partial charge in [-0.05, 0) is 12.8 Å². The Morgan fingerprint density at radius 1 is 0.842 bits per heavy atom. The molecule has 0 saturated carbocycles. The molecule has 19 heavy (non-hydrogen) atoms. The Morgan fingerprint density at radius 3 is 1.42 bits per heavy atom. The largest absolute Gasteiger partial charge is 4.00 e. The summed E-state index contributed by atoms with van der Waals surface area (Å²) in [6, 6.07) is 0. The molecule has 0 spiro atoms. The van der Waals surface area contributed by atoms with E-state index in [0.717, 1.165) is 12.8 Å². The van der Waals surface area contributed by atoms with Gasteiger partial charge in [-0.25, -0.2) is 12.2 Å². The van der Waals surface area contributed by atoms with E-state index in [4.69, 9.17) is 0 Å². The monoisotopic (exact) mass is 370 g/mol. The van der Waals surface area contributed by atoms with Crippen molar-refractivity contribution in [1.82, 2.24) is 0 Å². The van der Waals surface area contributed by atoms with Gasteiger partial charge in [0.05, 0.1) is 0 Å². The van der Waals surface area contributed by atoms with Crippen molar-refractivity contribution in [2.75, 3.05) is 0 Å². The second kappa shape index (κ2) is 16.1. The van der Waals surface area contributed by atoms with Crippen LogP contribution in [0, 0.1) is 12.2 Å². The quantitative estimate of drug-likeness (QED) is 0.415. The minimum absolute atomic E-state index is 0. The minimum Gasteiger partial charge on any atom is -1.00 e. The van der Waals surface area contributed by atoms with E-state index in [1.165, 1.54) is 36.8 Å². The average Bonchev–Trinajstić information content (AvgIpc) is 2.92. The summed E-state index contributed by atoms with van der Waals surface area (Å²) in [7, 11) is 0. The summed E-state index contributed by atoms with van der Waals surface area (Å²) in [4.78, 5) is 0. The molecule has 0 fully saturated rings. The maximum Gasteiger partial charge on any atom is 4.00 e. The first-order valence-electron chi connectivity index (χ1n) is 6.04. The molecule has 0 aromatic carbocycles. The molecular formula is C16H18Cl2Zr. The van der Waals surface area contributed by atoms with Gasteiger partial charge < -0.3 is 47.7 Å². The van der Waals surface area contributed by atoms with Crippen molar-refractivity contribution in [3.8, 4) is 0 Å². The molecule has 2 rings (SSSR count). The Bertz CT molecular complexity index is 382. The standard InChI is InChI=1S/2C8H9.2ClH.Zr/c2*1-2-5-8-6-3-4-7-8;;;/h2*2,5-6H2,1H3;2*1H;/q2*-1;;;+4/p-2. The molecule has 0 unspecified atom stereocenters. The van der Waals surface area contributed by atoms with Gasteiger partial charge in [0.1, 0.15) is 0 Å². The van der Waals surface area contributed by atoms with Crippen LogP contribution in [0.15, 0.2) is 34.1 Å². The van der Waals surface area contributed by atoms with Gasteiger partial charge in [-0.15, -0.1) is 11.1 Å². The van der Waals surface area contributed by atoms with Gasteiger partial charge in [0.2, 0.25) is 0 Å². The summed E-state index contributed by atoms with van der Waals surface area (Å²) in [5.74, 6) is 0. The molecule has 0 heterocycles. The Hall–Kier alpha value is 0.0631. The van der Waals surface area contributed by atoms with Gasteiger partial charge in [0.15, 0.2) is 0 Å². The minimum atomic E-state index is 0. The first kappa shape index (κ1) is 24.1. The van der Waals surface area contributed by atoms with Crippen LogP contribution in [-0.2, 0) is 26.2 Å². The molecule has 0 N–H and O–H groups in total. The number of halogens is 2. The van der Waals surface area contributed by atoms with Crippen molar-refractivity contribution >= 4 is 0 Å². The Morgan fingerprint density at radius 2 is 1.21 bits per heavy atom. The van der Waals surface area contributed by atoms with Crippen molar-refractivity contribution in [1.29, 1.82) is 0 Å². The first-order chi connectivity index (χ1) is 7.86. The summed E-state index contributed by atoms with van der Waals surface area (Å²) in [6.45, 7) is 4.35. The second-order valence-electron chi connectivity index (χ2n) is 3.91. The molecule has 0 nitrogen and oxygen atoms in total. The van der Waals surface area contributed by atoms with E-state index < -0.39 is 0 Å². The van der Waals surface area contributed by atoms with Crippen molar-refractivity contribution in [2.45, 2.75) is 52.4 Å². The van der Waals surface area contributed by atoms with E-state index in [2.05, 4.69) is 48.9 Å². The predicted molar refractivity (Wildman–Crippen MR) is 66.6 cm³/mol. The number of rotatable bonds is 4. The third-order valence-corrected chi connectivity index (χ3v) is 2.36. The number of hydrogen-bond donors (Lipinski definition) is 0. The average molecular weight is 372 g/mol. The number of allylic oxidation sites excluding steroid dienone is 4. The van der Waals surface area contributed by atoms with Crippen molar-refractivity contribution in [2.24, 2.45) is 0 Å². The zero-order chi connectivity index (χ0) is 11.6. The van der Waals surface area contributed by atoms with E-state index in [1.54, 1.807) is 0 Å². The molecule has 0 amide bonds. The van der Waals surface area contributed by atoms with Crippen LogP contribution in [0.3, 0.4) is 0 Å². The summed E-state index contributed by atoms with van der Waals surface area (Å²) in [5.41, 5.74) is 14.4. The van der Waals surface area contributed by atoms with E-state index in [0.29, 0.717) is 0 Å². The smallest absolute Gasteiger partial charge is 1.00 e. The van der Waals surface area contributed by atoms with Crippen LogP contribution < -0.4 is 24.8 Å². The van der Waals surface area contributed by atoms with Crippen molar-refractivity contribution in [3.05, 3.63) is 46.2 Å². The summed E-state index contributed by atoms with van der Waals surface area (Å²) < 4.78 is 0. The third kappa shape index (κ3) is 11.6. The third-order valence-electron chi connectivity index (χ3n) is 2.36. The van der Waals surface area contributed by atoms with Crippen LogP contribution in [0.4, 0.5) is 0 Å². The molecule has 0 aromatic rings. The van der Waals surface area contributed by atoms with E-state index in [-0.39, 0.29) is 51.0 Å². The van der Waals surface area contributed by atoms with Crippen LogP contribution in [0.2, 0.25) is 0 Å². The van der Waals surface area contributed by atoms with Gasteiger partial charge in [-0.1, -0.05) is 39.5 Å². The maximum absolute atomic E-state index is 3.01. The zero-order valence-electron chi connectivity index (χ0n) is 11.5. The molecular weight excluding hydrogens is 354 g/mol. The first-order valence-corrected chi connectivity index (χ1v) is 6.04. The van der Waals surface area contributed by atoms with Crippen LogP contribution >= 0.6 is 0 Å². The van der Waals surface area contributed by atoms with Gasteiger partial charge in [0, 0.05) is 0 Å². The SMILES string of the molecule is CCCC1=C=C=[C-]C1.CCCC1=C=C=[C-]C1.[Cl-].[Cl-].[Zr+4]. The zero-order valence-corrected chi connectivity index (χ0v) is 15.5. The molecule has 0 radical (unpaired) electrons. The van der Waals surface area contributed by atoms with E-state index >= 15 is 0 Å². The molecule has 3 heteroatoms. The summed E-state index contributed by atoms with van der Waals surface area (Å²) in [6.07, 6.45) is 12.6. The Labute approximate surface area is 149 Å². The number of hydrogen-bond acceptors (Lipinski definition) is 0. The predicted octanol–water partition coefficient (Wildman–Crippen LogP) is -1.53. The van der Waals surface area contributed by atoms with Gasteiger partial charge in [-0.3, -0.25) is 0 Å². The van der Waals surface area contributed by atoms with Crippen molar-refractivity contribution < 1.29 is 51.0 Å². The van der Waals surface area contributed by atoms with Gasteiger partial charge in [-0.2, -0.15) is 0 Å². The van der Waals surface area contributed by atoms with Crippen LogP contribution in [0.1, 0.15) is 52.4 Å². The van der Waals surface area contributed by atoms with Gasteiger partial charge >= 0.3 is 26.2 Å². The van der Waals surface area contributed by atoms with Crippen LogP contribution in [-0.4, -0.2) is 0 Å². The van der Waals surface area contributed by atoms with Crippen LogP contribution in [0.5, 0.6) is 0 Å². The van der Waals surface area contributed by atoms with E-state index in [9.17, 15) is 0 Å². The molecule has 0 bridgehead atoms. The van der Waals surface area contributed by atoms with Crippen molar-refractivity contribution in [3.63, 3.8) is 0 Å². The molecule has 0 saturated heterocycles. The van der Waals surface area contributed by atoms with E-state index in [1.807, 2.05) is 0 Å². The van der Waals surface area contributed by atoms with Crippen LogP contribution in [0.25, 0.3) is 0 Å². The maximum atomic E-state index is 3.01.